The van der Waals surface area contributed by atoms with Crippen LogP contribution in [0.2, 0.25) is 0 Å². The molecule has 0 saturated heterocycles. The molecule has 0 fully saturated rings. The van der Waals surface area contributed by atoms with E-state index in [0.717, 1.165) is 68.1 Å². The summed E-state index contributed by atoms with van der Waals surface area (Å²) in [7, 11) is -1.33. The Hall–Kier alpha value is 0.314. The zero-order chi connectivity index (χ0) is 13.0. The topological polar surface area (TPSA) is 27.7 Å². The number of rotatable bonds is 12. The highest BCUT2D eigenvalue weighted by Crippen LogP contribution is 2.09. The summed E-state index contributed by atoms with van der Waals surface area (Å²) in [5.41, 5.74) is 0. The molecule has 0 N–H and O–H groups in total. The number of hydrogen-bond acceptors (Lipinski definition) is 3. The standard InChI is InChI=1S/C12H30O3Si2/c1-4-7-10-13-17(16,14-11-8-5-2)15-12-9-6-3/h4-12H2,1-3,16H3. The van der Waals surface area contributed by atoms with Crippen LogP contribution in [0.1, 0.15) is 59.3 Å². The molecular formula is C12H30O3Si2. The lowest BCUT2D eigenvalue weighted by atomic mass is 10.4. The molecular weight excluding hydrogens is 248 g/mol. The summed E-state index contributed by atoms with van der Waals surface area (Å²) >= 11 is 0. The van der Waals surface area contributed by atoms with Crippen LogP contribution in [-0.4, -0.2) is 37.9 Å². The SMILES string of the molecule is CCCCO[Si]([SiH3])(OCCCC)OCCCC. The molecule has 5 heteroatoms. The van der Waals surface area contributed by atoms with Gasteiger partial charge in [-0.15, -0.1) is 0 Å². The minimum atomic E-state index is -2.22. The first kappa shape index (κ1) is 17.3. The highest BCUT2D eigenvalue weighted by Gasteiger charge is 2.33. The second-order valence-electron chi connectivity index (χ2n) is 4.47. The van der Waals surface area contributed by atoms with E-state index in [-0.39, 0.29) is 0 Å². The van der Waals surface area contributed by atoms with Gasteiger partial charge < -0.3 is 13.3 Å². The summed E-state index contributed by atoms with van der Waals surface area (Å²) in [6.45, 7) is 8.92. The Kier molecular flexibility index (Phi) is 11.6. The Labute approximate surface area is 111 Å². The minimum Gasteiger partial charge on any atom is -0.377 e. The van der Waals surface area contributed by atoms with E-state index in [1.165, 1.54) is 0 Å². The Bertz CT molecular complexity index is 141. The average molecular weight is 279 g/mol. The van der Waals surface area contributed by atoms with Crippen LogP contribution in [0, 0.1) is 0 Å². The molecule has 0 aromatic carbocycles. The molecule has 0 aromatic rings. The van der Waals surface area contributed by atoms with Gasteiger partial charge in [0.1, 0.15) is 9.76 Å². The van der Waals surface area contributed by atoms with Gasteiger partial charge in [-0.3, -0.25) is 0 Å². The summed E-state index contributed by atoms with van der Waals surface area (Å²) < 4.78 is 17.8. The molecule has 0 saturated carbocycles. The van der Waals surface area contributed by atoms with Crippen LogP contribution < -0.4 is 0 Å². The maximum absolute atomic E-state index is 5.92. The Morgan fingerprint density at radius 3 is 1.24 bits per heavy atom. The quantitative estimate of drug-likeness (QED) is 0.405. The van der Waals surface area contributed by atoms with Crippen LogP contribution in [0.5, 0.6) is 0 Å². The van der Waals surface area contributed by atoms with Crippen molar-refractivity contribution in [1.29, 1.82) is 0 Å². The van der Waals surface area contributed by atoms with Gasteiger partial charge in [-0.1, -0.05) is 40.0 Å². The Balaban J connectivity index is 3.95. The monoisotopic (exact) mass is 278 g/mol. The normalized spacial score (nSPS) is 12.2. The summed E-state index contributed by atoms with van der Waals surface area (Å²) in [6, 6.07) is 0. The van der Waals surface area contributed by atoms with Crippen LogP contribution in [-0.2, 0) is 13.3 Å². The van der Waals surface area contributed by atoms with Gasteiger partial charge >= 0.3 is 8.32 Å². The highest BCUT2D eigenvalue weighted by molar-refractivity contribution is 7.05. The molecule has 17 heavy (non-hydrogen) atoms. The number of unbranched alkanes of at least 4 members (excludes halogenated alkanes) is 3. The fourth-order valence-corrected chi connectivity index (χ4v) is 4.96. The molecule has 104 valence electrons. The molecule has 0 aliphatic heterocycles. The largest absolute Gasteiger partial charge is 0.457 e. The summed E-state index contributed by atoms with van der Waals surface area (Å²) in [5, 5.41) is 0. The molecule has 0 unspecified atom stereocenters. The third-order valence-corrected chi connectivity index (χ3v) is 7.37. The van der Waals surface area contributed by atoms with E-state index in [9.17, 15) is 0 Å². The van der Waals surface area contributed by atoms with Crippen molar-refractivity contribution in [2.24, 2.45) is 0 Å². The maximum Gasteiger partial charge on any atom is 0.457 e. The van der Waals surface area contributed by atoms with Crippen molar-refractivity contribution in [1.82, 2.24) is 0 Å². The van der Waals surface area contributed by atoms with E-state index >= 15 is 0 Å². The van der Waals surface area contributed by atoms with Gasteiger partial charge in [0.2, 0.25) is 0 Å². The lowest BCUT2D eigenvalue weighted by Crippen LogP contribution is -2.47. The molecule has 0 aliphatic carbocycles. The summed E-state index contributed by atoms with van der Waals surface area (Å²) in [4.78, 5) is 0. The van der Waals surface area contributed by atoms with Crippen LogP contribution >= 0.6 is 0 Å². The van der Waals surface area contributed by atoms with Crippen molar-refractivity contribution < 1.29 is 13.3 Å². The first-order valence-corrected chi connectivity index (χ1v) is 12.3. The van der Waals surface area contributed by atoms with E-state index in [4.69, 9.17) is 13.3 Å². The average Bonchev–Trinajstić information content (AvgIpc) is 2.30. The van der Waals surface area contributed by atoms with Crippen LogP contribution in [0.4, 0.5) is 0 Å². The van der Waals surface area contributed by atoms with Crippen LogP contribution in [0.3, 0.4) is 0 Å². The van der Waals surface area contributed by atoms with Gasteiger partial charge in [-0.05, 0) is 19.3 Å². The molecule has 0 spiro atoms. The first-order valence-electron chi connectivity index (χ1n) is 7.10. The lowest BCUT2D eigenvalue weighted by Gasteiger charge is -2.27. The van der Waals surface area contributed by atoms with Gasteiger partial charge in [0, 0.05) is 19.8 Å². The molecule has 0 aliphatic rings. The smallest absolute Gasteiger partial charge is 0.377 e. The van der Waals surface area contributed by atoms with Crippen LogP contribution in [0.15, 0.2) is 0 Å². The molecule has 0 radical (unpaired) electrons. The van der Waals surface area contributed by atoms with Gasteiger partial charge in [0.05, 0.1) is 0 Å². The lowest BCUT2D eigenvalue weighted by molar-refractivity contribution is 0.0778. The van der Waals surface area contributed by atoms with E-state index in [1.54, 1.807) is 0 Å². The van der Waals surface area contributed by atoms with Gasteiger partial charge in [-0.2, -0.15) is 0 Å². The summed E-state index contributed by atoms with van der Waals surface area (Å²) in [6.07, 6.45) is 6.80. The van der Waals surface area contributed by atoms with Gasteiger partial charge in [0.25, 0.3) is 0 Å². The minimum absolute atomic E-state index is 0.796. The maximum atomic E-state index is 5.92. The van der Waals surface area contributed by atoms with Crippen molar-refractivity contribution >= 4 is 18.1 Å². The van der Waals surface area contributed by atoms with Crippen molar-refractivity contribution in [2.45, 2.75) is 59.3 Å². The zero-order valence-corrected chi connectivity index (χ0v) is 15.1. The predicted octanol–water partition coefficient (Wildman–Crippen LogP) is 2.24. The molecule has 0 rings (SSSR count). The Morgan fingerprint density at radius 2 is 1.00 bits per heavy atom. The van der Waals surface area contributed by atoms with Gasteiger partial charge in [-0.25, -0.2) is 0 Å². The van der Waals surface area contributed by atoms with Gasteiger partial charge in [0.15, 0.2) is 0 Å². The molecule has 3 nitrogen and oxygen atoms in total. The van der Waals surface area contributed by atoms with E-state index < -0.39 is 8.32 Å². The molecule has 0 heterocycles. The van der Waals surface area contributed by atoms with Crippen LogP contribution in [0.25, 0.3) is 0 Å². The molecule has 0 bridgehead atoms. The third-order valence-electron chi connectivity index (χ3n) is 2.59. The van der Waals surface area contributed by atoms with Crippen molar-refractivity contribution in [3.8, 4) is 0 Å². The summed E-state index contributed by atoms with van der Waals surface area (Å²) in [5.74, 6) is 0. The highest BCUT2D eigenvalue weighted by atomic mass is 29.2. The fourth-order valence-electron chi connectivity index (χ4n) is 1.33. The first-order chi connectivity index (χ1) is 8.18. The molecule has 0 amide bonds. The molecule has 0 aromatic heterocycles. The van der Waals surface area contributed by atoms with Crippen molar-refractivity contribution in [3.63, 3.8) is 0 Å². The van der Waals surface area contributed by atoms with Crippen molar-refractivity contribution in [2.75, 3.05) is 19.8 Å². The second-order valence-corrected chi connectivity index (χ2v) is 10.7. The second kappa shape index (κ2) is 11.4. The van der Waals surface area contributed by atoms with E-state index in [0.29, 0.717) is 0 Å². The number of hydrogen-bond donors (Lipinski definition) is 0. The van der Waals surface area contributed by atoms with Crippen molar-refractivity contribution in [3.05, 3.63) is 0 Å². The van der Waals surface area contributed by atoms with E-state index in [1.807, 2.05) is 0 Å². The van der Waals surface area contributed by atoms with E-state index in [2.05, 4.69) is 20.8 Å². The molecule has 0 atom stereocenters. The third kappa shape index (κ3) is 9.97. The fraction of sp³-hybridized carbons (Fsp3) is 1.00. The Morgan fingerprint density at radius 1 is 0.706 bits per heavy atom. The zero-order valence-electron chi connectivity index (χ0n) is 12.1. The predicted molar refractivity (Wildman–Crippen MR) is 78.3 cm³/mol.